The smallest absolute Gasteiger partial charge is 0.129 e. The summed E-state index contributed by atoms with van der Waals surface area (Å²) in [5.41, 5.74) is 0.917. The average Bonchev–Trinajstić information content (AvgIpc) is 2.79. The molecule has 5 heteroatoms. The summed E-state index contributed by atoms with van der Waals surface area (Å²) >= 11 is 9.31. The Morgan fingerprint density at radius 1 is 1.24 bits per heavy atom. The zero-order valence-corrected chi connectivity index (χ0v) is 11.3. The number of halogens is 2. The molecule has 0 bridgehead atoms. The summed E-state index contributed by atoms with van der Waals surface area (Å²) in [6, 6.07) is 9.23. The fraction of sp³-hybridized carbons (Fsp3) is 0.167. The van der Waals surface area contributed by atoms with Gasteiger partial charge in [-0.25, -0.2) is 0 Å². The van der Waals surface area contributed by atoms with Gasteiger partial charge in [0.25, 0.3) is 0 Å². The lowest BCUT2D eigenvalue weighted by atomic mass is 10.3. The first-order valence-electron chi connectivity index (χ1n) is 5.06. The average molecular weight is 317 g/mol. The summed E-state index contributed by atoms with van der Waals surface area (Å²) in [4.78, 5) is 0. The van der Waals surface area contributed by atoms with E-state index in [9.17, 15) is 0 Å². The number of rotatable bonds is 4. The summed E-state index contributed by atoms with van der Waals surface area (Å²) < 4.78 is 6.22. The highest BCUT2D eigenvalue weighted by molar-refractivity contribution is 9.10. The van der Waals surface area contributed by atoms with Crippen LogP contribution in [0, 0.1) is 0 Å². The molecule has 0 unspecified atom stereocenters. The Hall–Kier alpha value is -0.970. The molecule has 0 aliphatic carbocycles. The van der Waals surface area contributed by atoms with Crippen molar-refractivity contribution >= 4 is 33.2 Å². The van der Waals surface area contributed by atoms with Gasteiger partial charge in [-0.05, 0) is 46.3 Å². The molecule has 2 aromatic rings. The van der Waals surface area contributed by atoms with Crippen molar-refractivity contribution in [2.24, 2.45) is 0 Å². The molecule has 2 rings (SSSR count). The van der Waals surface area contributed by atoms with Gasteiger partial charge in [-0.1, -0.05) is 11.6 Å². The van der Waals surface area contributed by atoms with Crippen LogP contribution in [0.4, 0.5) is 5.69 Å². The van der Waals surface area contributed by atoms with E-state index in [0.29, 0.717) is 17.3 Å². The molecule has 0 aliphatic heterocycles. The lowest BCUT2D eigenvalue weighted by Gasteiger charge is -2.05. The second kappa shape index (κ2) is 5.58. The number of hydrogen-bond donors (Lipinski definition) is 2. The predicted molar refractivity (Wildman–Crippen MR) is 71.1 cm³/mol. The van der Waals surface area contributed by atoms with Crippen molar-refractivity contribution in [3.63, 3.8) is 0 Å². The molecule has 0 aliphatic rings. The summed E-state index contributed by atoms with van der Waals surface area (Å²) in [6.07, 6.45) is 0. The Morgan fingerprint density at radius 2 is 2.00 bits per heavy atom. The molecule has 2 N–H and O–H groups in total. The van der Waals surface area contributed by atoms with E-state index in [2.05, 4.69) is 21.2 Å². The third kappa shape index (κ3) is 3.25. The molecule has 1 aromatic carbocycles. The van der Waals surface area contributed by atoms with Gasteiger partial charge in [0.15, 0.2) is 0 Å². The van der Waals surface area contributed by atoms with Gasteiger partial charge in [-0.2, -0.15) is 0 Å². The first-order chi connectivity index (χ1) is 8.19. The van der Waals surface area contributed by atoms with Crippen molar-refractivity contribution in [2.75, 3.05) is 5.32 Å². The van der Waals surface area contributed by atoms with Crippen molar-refractivity contribution in [1.82, 2.24) is 0 Å². The zero-order valence-electron chi connectivity index (χ0n) is 8.91. The number of anilines is 1. The molecule has 0 radical (unpaired) electrons. The van der Waals surface area contributed by atoms with Gasteiger partial charge >= 0.3 is 0 Å². The highest BCUT2D eigenvalue weighted by Crippen LogP contribution is 2.25. The molecule has 0 amide bonds. The lowest BCUT2D eigenvalue weighted by molar-refractivity contribution is 0.244. The Labute approximate surface area is 113 Å². The maximum absolute atomic E-state index is 8.87. The van der Waals surface area contributed by atoms with Crippen LogP contribution in [0.5, 0.6) is 0 Å². The fourth-order valence-corrected chi connectivity index (χ4v) is 1.82. The number of hydrogen-bond acceptors (Lipinski definition) is 3. The van der Waals surface area contributed by atoms with E-state index in [4.69, 9.17) is 21.1 Å². The van der Waals surface area contributed by atoms with Crippen LogP contribution in [-0.2, 0) is 13.2 Å². The fourth-order valence-electron chi connectivity index (χ4n) is 1.40. The van der Waals surface area contributed by atoms with Crippen LogP contribution in [0.3, 0.4) is 0 Å². The third-order valence-electron chi connectivity index (χ3n) is 2.26. The molecule has 0 atom stereocenters. The molecule has 0 fully saturated rings. The highest BCUT2D eigenvalue weighted by atomic mass is 79.9. The summed E-state index contributed by atoms with van der Waals surface area (Å²) in [5, 5.41) is 12.7. The van der Waals surface area contributed by atoms with Gasteiger partial charge in [0.05, 0.1) is 11.6 Å². The van der Waals surface area contributed by atoms with Crippen molar-refractivity contribution in [3.05, 3.63) is 51.3 Å². The molecule has 1 aromatic heterocycles. The first kappa shape index (κ1) is 12.5. The topological polar surface area (TPSA) is 45.4 Å². The van der Waals surface area contributed by atoms with Crippen LogP contribution in [-0.4, -0.2) is 5.11 Å². The SMILES string of the molecule is OCc1ccc(CNc2ccc(Br)c(Cl)c2)o1. The molecule has 0 spiro atoms. The standard InChI is InChI=1S/C12H11BrClNO2/c13-11-4-1-8(5-12(11)14)15-6-9-2-3-10(7-16)17-9/h1-5,15-16H,6-7H2. The molecule has 1 heterocycles. The molecule has 17 heavy (non-hydrogen) atoms. The Bertz CT molecular complexity index is 513. The normalized spacial score (nSPS) is 10.5. The Balaban J connectivity index is 1.99. The van der Waals surface area contributed by atoms with E-state index in [1.165, 1.54) is 0 Å². The molecular weight excluding hydrogens is 305 g/mol. The van der Waals surface area contributed by atoms with E-state index in [0.717, 1.165) is 15.9 Å². The Kier molecular flexibility index (Phi) is 4.10. The van der Waals surface area contributed by atoms with Gasteiger partial charge in [0.2, 0.25) is 0 Å². The zero-order chi connectivity index (χ0) is 12.3. The van der Waals surface area contributed by atoms with E-state index >= 15 is 0 Å². The third-order valence-corrected chi connectivity index (χ3v) is 3.49. The van der Waals surface area contributed by atoms with E-state index in [-0.39, 0.29) is 6.61 Å². The number of aliphatic hydroxyl groups is 1. The first-order valence-corrected chi connectivity index (χ1v) is 6.23. The van der Waals surface area contributed by atoms with E-state index in [1.807, 2.05) is 24.3 Å². The van der Waals surface area contributed by atoms with Gasteiger partial charge < -0.3 is 14.8 Å². The summed E-state index contributed by atoms with van der Waals surface area (Å²) in [6.45, 7) is 0.474. The van der Waals surface area contributed by atoms with Crippen molar-refractivity contribution in [3.8, 4) is 0 Å². The second-order valence-corrected chi connectivity index (χ2v) is 4.77. The van der Waals surface area contributed by atoms with Gasteiger partial charge in [-0.15, -0.1) is 0 Å². The van der Waals surface area contributed by atoms with Crippen molar-refractivity contribution < 1.29 is 9.52 Å². The highest BCUT2D eigenvalue weighted by Gasteiger charge is 2.02. The maximum Gasteiger partial charge on any atom is 0.129 e. The number of furan rings is 1. The van der Waals surface area contributed by atoms with Crippen LogP contribution < -0.4 is 5.32 Å². The maximum atomic E-state index is 8.87. The number of benzene rings is 1. The lowest BCUT2D eigenvalue weighted by Crippen LogP contribution is -1.97. The van der Waals surface area contributed by atoms with Crippen LogP contribution in [0.2, 0.25) is 5.02 Å². The Morgan fingerprint density at radius 3 is 2.65 bits per heavy atom. The molecular formula is C12H11BrClNO2. The summed E-state index contributed by atoms with van der Waals surface area (Å²) in [7, 11) is 0. The van der Waals surface area contributed by atoms with Crippen LogP contribution in [0.15, 0.2) is 39.2 Å². The largest absolute Gasteiger partial charge is 0.462 e. The van der Waals surface area contributed by atoms with Crippen LogP contribution >= 0.6 is 27.5 Å². The predicted octanol–water partition coefficient (Wildman–Crippen LogP) is 3.80. The monoisotopic (exact) mass is 315 g/mol. The second-order valence-electron chi connectivity index (χ2n) is 3.51. The molecule has 0 saturated carbocycles. The number of aliphatic hydroxyl groups excluding tert-OH is 1. The van der Waals surface area contributed by atoms with Crippen LogP contribution in [0.1, 0.15) is 11.5 Å². The van der Waals surface area contributed by atoms with Crippen molar-refractivity contribution in [2.45, 2.75) is 13.2 Å². The minimum Gasteiger partial charge on any atom is -0.462 e. The van der Waals surface area contributed by atoms with Gasteiger partial charge in [0, 0.05) is 10.2 Å². The minimum atomic E-state index is -0.0793. The van der Waals surface area contributed by atoms with E-state index in [1.54, 1.807) is 6.07 Å². The van der Waals surface area contributed by atoms with E-state index < -0.39 is 0 Å². The molecule has 3 nitrogen and oxygen atoms in total. The van der Waals surface area contributed by atoms with Gasteiger partial charge in [0.1, 0.15) is 18.1 Å². The van der Waals surface area contributed by atoms with Crippen molar-refractivity contribution in [1.29, 1.82) is 0 Å². The quantitative estimate of drug-likeness (QED) is 0.902. The van der Waals surface area contributed by atoms with Gasteiger partial charge in [-0.3, -0.25) is 0 Å². The minimum absolute atomic E-state index is 0.0793. The summed E-state index contributed by atoms with van der Waals surface area (Å²) in [5.74, 6) is 1.34. The number of nitrogens with one attached hydrogen (secondary N) is 1. The molecule has 90 valence electrons. The van der Waals surface area contributed by atoms with Crippen LogP contribution in [0.25, 0.3) is 0 Å². The molecule has 0 saturated heterocycles.